The summed E-state index contributed by atoms with van der Waals surface area (Å²) in [4.78, 5) is 11.8. The molecule has 0 spiro atoms. The number of benzene rings is 1. The van der Waals surface area contributed by atoms with Crippen molar-refractivity contribution in [1.29, 1.82) is 0 Å². The van der Waals surface area contributed by atoms with Crippen LogP contribution >= 0.6 is 0 Å². The molecule has 1 aromatic rings. The Morgan fingerprint density at radius 3 is 2.41 bits per heavy atom. The van der Waals surface area contributed by atoms with Crippen molar-refractivity contribution in [2.45, 2.75) is 26.3 Å². The largest absolute Gasteiger partial charge is 0.490 e. The molecule has 92 valence electrons. The fraction of sp³-hybridized carbons (Fsp3) is 0.357. The van der Waals surface area contributed by atoms with E-state index in [1.54, 1.807) is 30.3 Å². The maximum atomic E-state index is 11.8. The van der Waals surface area contributed by atoms with E-state index in [4.69, 9.17) is 4.74 Å². The summed E-state index contributed by atoms with van der Waals surface area (Å²) in [6.07, 6.45) is 1.68. The van der Waals surface area contributed by atoms with E-state index in [0.717, 1.165) is 5.75 Å². The Balaban J connectivity index is 2.67. The summed E-state index contributed by atoms with van der Waals surface area (Å²) in [6.45, 7) is 9.89. The van der Waals surface area contributed by atoms with Crippen LogP contribution in [0, 0.1) is 0 Å². The summed E-state index contributed by atoms with van der Waals surface area (Å²) in [7, 11) is 0. The summed E-state index contributed by atoms with van der Waals surface area (Å²) >= 11 is 0. The summed E-state index contributed by atoms with van der Waals surface area (Å²) < 4.78 is 5.34. The van der Waals surface area contributed by atoms with Crippen LogP contribution in [-0.4, -0.2) is 18.1 Å². The predicted molar refractivity (Wildman–Crippen MR) is 69.4 cm³/mol. The third-order valence-electron chi connectivity index (χ3n) is 1.97. The average molecular weight is 233 g/mol. The van der Waals surface area contributed by atoms with Gasteiger partial charge < -0.3 is 10.1 Å². The molecule has 0 atom stereocenters. The fourth-order valence-electron chi connectivity index (χ4n) is 1.27. The zero-order chi connectivity index (χ0) is 12.9. The van der Waals surface area contributed by atoms with Gasteiger partial charge in [0.25, 0.3) is 5.91 Å². The highest BCUT2D eigenvalue weighted by Gasteiger charge is 2.14. The van der Waals surface area contributed by atoms with E-state index < -0.39 is 0 Å². The van der Waals surface area contributed by atoms with Gasteiger partial charge in [-0.3, -0.25) is 4.79 Å². The van der Waals surface area contributed by atoms with E-state index in [9.17, 15) is 4.79 Å². The molecular formula is C14H19NO2. The van der Waals surface area contributed by atoms with Gasteiger partial charge >= 0.3 is 0 Å². The number of ether oxygens (including phenoxy) is 1. The van der Waals surface area contributed by atoms with Crippen molar-refractivity contribution >= 4 is 5.91 Å². The molecule has 0 aliphatic carbocycles. The van der Waals surface area contributed by atoms with Crippen LogP contribution in [0.25, 0.3) is 0 Å². The molecule has 0 heterocycles. The molecule has 0 aliphatic heterocycles. The number of carbonyl (C=O) groups excluding carboxylic acids is 1. The summed E-state index contributed by atoms with van der Waals surface area (Å²) in [6, 6.07) is 7.06. The van der Waals surface area contributed by atoms with Gasteiger partial charge in [-0.25, -0.2) is 0 Å². The summed E-state index contributed by atoms with van der Waals surface area (Å²) in [5.41, 5.74) is 0.403. The minimum absolute atomic E-state index is 0.0761. The van der Waals surface area contributed by atoms with Gasteiger partial charge in [-0.05, 0) is 45.0 Å². The molecule has 3 heteroatoms. The molecular weight excluding hydrogens is 214 g/mol. The number of hydrogen-bond acceptors (Lipinski definition) is 2. The van der Waals surface area contributed by atoms with E-state index >= 15 is 0 Å². The van der Waals surface area contributed by atoms with Crippen molar-refractivity contribution in [3.05, 3.63) is 42.5 Å². The topological polar surface area (TPSA) is 38.3 Å². The van der Waals surface area contributed by atoms with Gasteiger partial charge in [0.15, 0.2) is 0 Å². The lowest BCUT2D eigenvalue weighted by atomic mass is 10.1. The van der Waals surface area contributed by atoms with Gasteiger partial charge in [0.2, 0.25) is 0 Å². The SMILES string of the molecule is C=CCOc1ccc(C(=O)NC(C)(C)C)cc1. The van der Waals surface area contributed by atoms with Crippen LogP contribution in [0.2, 0.25) is 0 Å². The number of rotatable bonds is 4. The maximum Gasteiger partial charge on any atom is 0.251 e. The molecule has 17 heavy (non-hydrogen) atoms. The third kappa shape index (κ3) is 4.72. The van der Waals surface area contributed by atoms with Crippen molar-refractivity contribution in [2.24, 2.45) is 0 Å². The molecule has 1 amide bonds. The average Bonchev–Trinajstić information content (AvgIpc) is 2.24. The first kappa shape index (κ1) is 13.3. The van der Waals surface area contributed by atoms with Gasteiger partial charge in [-0.2, -0.15) is 0 Å². The van der Waals surface area contributed by atoms with Crippen LogP contribution in [0.1, 0.15) is 31.1 Å². The molecule has 1 rings (SSSR count). The van der Waals surface area contributed by atoms with Crippen LogP contribution in [0.5, 0.6) is 5.75 Å². The monoisotopic (exact) mass is 233 g/mol. The molecule has 0 aliphatic rings. The number of amides is 1. The van der Waals surface area contributed by atoms with E-state index in [1.165, 1.54) is 0 Å². The zero-order valence-corrected chi connectivity index (χ0v) is 10.6. The molecule has 0 saturated heterocycles. The Bertz CT molecular complexity index is 388. The van der Waals surface area contributed by atoms with Gasteiger partial charge in [-0.15, -0.1) is 0 Å². The van der Waals surface area contributed by atoms with Crippen LogP contribution in [0.15, 0.2) is 36.9 Å². The summed E-state index contributed by atoms with van der Waals surface area (Å²) in [5, 5.41) is 2.90. The molecule has 3 nitrogen and oxygen atoms in total. The second kappa shape index (κ2) is 5.53. The number of nitrogens with one attached hydrogen (secondary N) is 1. The highest BCUT2D eigenvalue weighted by atomic mass is 16.5. The highest BCUT2D eigenvalue weighted by molar-refractivity contribution is 5.94. The Hall–Kier alpha value is -1.77. The lowest BCUT2D eigenvalue weighted by Gasteiger charge is -2.20. The number of hydrogen-bond donors (Lipinski definition) is 1. The van der Waals surface area contributed by atoms with Crippen molar-refractivity contribution in [1.82, 2.24) is 5.32 Å². The van der Waals surface area contributed by atoms with Crippen molar-refractivity contribution in [2.75, 3.05) is 6.61 Å². The van der Waals surface area contributed by atoms with Crippen LogP contribution in [0.4, 0.5) is 0 Å². The molecule has 0 saturated carbocycles. The number of carbonyl (C=O) groups is 1. The van der Waals surface area contributed by atoms with Gasteiger partial charge in [-0.1, -0.05) is 12.7 Å². The fourth-order valence-corrected chi connectivity index (χ4v) is 1.27. The Labute approximate surface area is 102 Å². The van der Waals surface area contributed by atoms with Gasteiger partial charge in [0.1, 0.15) is 12.4 Å². The smallest absolute Gasteiger partial charge is 0.251 e. The predicted octanol–water partition coefficient (Wildman–Crippen LogP) is 2.78. The second-order valence-electron chi connectivity index (χ2n) is 4.83. The molecule has 0 fully saturated rings. The van der Waals surface area contributed by atoms with Crippen LogP contribution in [-0.2, 0) is 0 Å². The molecule has 0 radical (unpaired) electrons. The molecule has 0 unspecified atom stereocenters. The first-order chi connectivity index (χ1) is 7.92. The van der Waals surface area contributed by atoms with E-state index in [2.05, 4.69) is 11.9 Å². The highest BCUT2D eigenvalue weighted by Crippen LogP contribution is 2.13. The minimum atomic E-state index is -0.227. The first-order valence-corrected chi connectivity index (χ1v) is 5.58. The Morgan fingerprint density at radius 2 is 1.94 bits per heavy atom. The third-order valence-corrected chi connectivity index (χ3v) is 1.97. The lowest BCUT2D eigenvalue weighted by Crippen LogP contribution is -2.40. The van der Waals surface area contributed by atoms with Gasteiger partial charge in [0, 0.05) is 11.1 Å². The van der Waals surface area contributed by atoms with Crippen molar-refractivity contribution < 1.29 is 9.53 Å². The van der Waals surface area contributed by atoms with Crippen molar-refractivity contribution in [3.63, 3.8) is 0 Å². The maximum absolute atomic E-state index is 11.8. The molecule has 0 bridgehead atoms. The van der Waals surface area contributed by atoms with Crippen LogP contribution < -0.4 is 10.1 Å². The first-order valence-electron chi connectivity index (χ1n) is 5.58. The van der Waals surface area contributed by atoms with Crippen LogP contribution in [0.3, 0.4) is 0 Å². The standard InChI is InChI=1S/C14H19NO2/c1-5-10-17-12-8-6-11(7-9-12)13(16)15-14(2,3)4/h5-9H,1,10H2,2-4H3,(H,15,16). The van der Waals surface area contributed by atoms with Gasteiger partial charge in [0.05, 0.1) is 0 Å². The van der Waals surface area contributed by atoms with E-state index in [0.29, 0.717) is 12.2 Å². The molecule has 1 N–H and O–H groups in total. The Morgan fingerprint density at radius 1 is 1.35 bits per heavy atom. The zero-order valence-electron chi connectivity index (χ0n) is 10.6. The quantitative estimate of drug-likeness (QED) is 0.812. The minimum Gasteiger partial charge on any atom is -0.490 e. The molecule has 1 aromatic carbocycles. The Kier molecular flexibility index (Phi) is 4.32. The normalized spacial score (nSPS) is 10.8. The lowest BCUT2D eigenvalue weighted by molar-refractivity contribution is 0.0919. The molecule has 0 aromatic heterocycles. The second-order valence-corrected chi connectivity index (χ2v) is 4.83. The van der Waals surface area contributed by atoms with E-state index in [-0.39, 0.29) is 11.4 Å². The summed E-state index contributed by atoms with van der Waals surface area (Å²) in [5.74, 6) is 0.657. The van der Waals surface area contributed by atoms with Crippen molar-refractivity contribution in [3.8, 4) is 5.75 Å². The van der Waals surface area contributed by atoms with E-state index in [1.807, 2.05) is 20.8 Å².